The number of benzene rings is 2. The quantitative estimate of drug-likeness (QED) is 0.536. The molecule has 2 amide bonds. The van der Waals surface area contributed by atoms with Crippen LogP contribution in [-0.4, -0.2) is 18.6 Å². The maximum atomic E-state index is 12.8. The Labute approximate surface area is 180 Å². The number of ether oxygens (including phenoxy) is 2. The van der Waals surface area contributed by atoms with Crippen LogP contribution >= 0.6 is 15.9 Å². The lowest BCUT2D eigenvalue weighted by atomic mass is 10.1. The molecular weight excluding hydrogens is 452 g/mol. The van der Waals surface area contributed by atoms with Gasteiger partial charge in [-0.2, -0.15) is 0 Å². The molecule has 3 aromatic rings. The molecule has 4 rings (SSSR count). The molecule has 0 fully saturated rings. The van der Waals surface area contributed by atoms with Gasteiger partial charge in [-0.3, -0.25) is 9.59 Å². The molecule has 7 nitrogen and oxygen atoms in total. The van der Waals surface area contributed by atoms with Crippen molar-refractivity contribution in [3.8, 4) is 11.5 Å². The van der Waals surface area contributed by atoms with Gasteiger partial charge in [0.15, 0.2) is 21.9 Å². The number of halogens is 1. The average Bonchev–Trinajstić information content (AvgIpc) is 3.40. The summed E-state index contributed by atoms with van der Waals surface area (Å²) in [6, 6.07) is 17.9. The fourth-order valence-electron chi connectivity index (χ4n) is 2.82. The predicted octanol–water partition coefficient (Wildman–Crippen LogP) is 3.86. The number of fused-ring (bicyclic) bond motifs is 1. The van der Waals surface area contributed by atoms with Crippen molar-refractivity contribution < 1.29 is 23.5 Å². The lowest BCUT2D eigenvalue weighted by Crippen LogP contribution is -2.34. The first kappa shape index (κ1) is 19.8. The highest BCUT2D eigenvalue weighted by molar-refractivity contribution is 9.10. The molecule has 2 N–H and O–H groups in total. The Hall–Kier alpha value is -3.52. The van der Waals surface area contributed by atoms with Gasteiger partial charge in [0.05, 0.1) is 0 Å². The molecule has 1 aromatic heterocycles. The molecule has 0 atom stereocenters. The molecule has 0 aliphatic carbocycles. The second-order valence-electron chi connectivity index (χ2n) is 6.40. The molecule has 0 bridgehead atoms. The van der Waals surface area contributed by atoms with Crippen molar-refractivity contribution in [2.24, 2.45) is 0 Å². The van der Waals surface area contributed by atoms with Crippen molar-refractivity contribution in [1.29, 1.82) is 0 Å². The van der Waals surface area contributed by atoms with Gasteiger partial charge < -0.3 is 24.5 Å². The monoisotopic (exact) mass is 468 g/mol. The second-order valence-corrected chi connectivity index (χ2v) is 7.18. The third-order valence-corrected chi connectivity index (χ3v) is 4.72. The first-order chi connectivity index (χ1) is 14.6. The van der Waals surface area contributed by atoms with Crippen molar-refractivity contribution in [3.05, 3.63) is 87.9 Å². The van der Waals surface area contributed by atoms with Gasteiger partial charge in [-0.15, -0.1) is 0 Å². The zero-order chi connectivity index (χ0) is 20.9. The van der Waals surface area contributed by atoms with Crippen molar-refractivity contribution in [3.63, 3.8) is 0 Å². The first-order valence-electron chi connectivity index (χ1n) is 9.08. The van der Waals surface area contributed by atoms with Crippen LogP contribution in [0.5, 0.6) is 11.5 Å². The maximum absolute atomic E-state index is 12.8. The number of rotatable bonds is 6. The molecule has 0 saturated carbocycles. The van der Waals surface area contributed by atoms with Gasteiger partial charge in [0.1, 0.15) is 5.70 Å². The number of furan rings is 1. The van der Waals surface area contributed by atoms with E-state index >= 15 is 0 Å². The van der Waals surface area contributed by atoms with Gasteiger partial charge in [-0.05, 0) is 57.4 Å². The van der Waals surface area contributed by atoms with E-state index in [9.17, 15) is 9.59 Å². The van der Waals surface area contributed by atoms with Crippen LogP contribution in [0.2, 0.25) is 0 Å². The summed E-state index contributed by atoms with van der Waals surface area (Å²) in [5.74, 6) is 0.313. The summed E-state index contributed by atoms with van der Waals surface area (Å²) in [5, 5.41) is 5.44. The molecular formula is C22H17BrN2O5. The van der Waals surface area contributed by atoms with Crippen molar-refractivity contribution in [2.45, 2.75) is 6.54 Å². The normalized spacial score (nSPS) is 12.5. The molecule has 1 aliphatic rings. The summed E-state index contributed by atoms with van der Waals surface area (Å²) in [6.07, 6.45) is 1.57. The lowest BCUT2D eigenvalue weighted by molar-refractivity contribution is -0.117. The largest absolute Gasteiger partial charge is 0.454 e. The highest BCUT2D eigenvalue weighted by atomic mass is 79.9. The number of hydrogen-bond donors (Lipinski definition) is 2. The highest BCUT2D eigenvalue weighted by Crippen LogP contribution is 2.33. The van der Waals surface area contributed by atoms with E-state index in [0.29, 0.717) is 28.3 Å². The standard InChI is InChI=1S/C22H17BrN2O5/c23-20-9-8-18(30-20)22(27)25-16(21(26)24-12-14-4-2-1-3-5-14)10-15-6-7-17-19(11-15)29-13-28-17/h1-11H,12-13H2,(H,24,26)(H,25,27). The summed E-state index contributed by atoms with van der Waals surface area (Å²) in [7, 11) is 0. The van der Waals surface area contributed by atoms with Gasteiger partial charge in [0.2, 0.25) is 6.79 Å². The van der Waals surface area contributed by atoms with Gasteiger partial charge in [0, 0.05) is 6.54 Å². The third-order valence-electron chi connectivity index (χ3n) is 4.29. The summed E-state index contributed by atoms with van der Waals surface area (Å²) >= 11 is 3.16. The molecule has 2 aromatic carbocycles. The summed E-state index contributed by atoms with van der Waals surface area (Å²) < 4.78 is 16.4. The molecule has 0 unspecified atom stereocenters. The molecule has 8 heteroatoms. The molecule has 152 valence electrons. The fraction of sp³-hybridized carbons (Fsp3) is 0.0909. The van der Waals surface area contributed by atoms with Gasteiger partial charge in [0.25, 0.3) is 11.8 Å². The van der Waals surface area contributed by atoms with Crippen LogP contribution in [0.3, 0.4) is 0 Å². The van der Waals surface area contributed by atoms with E-state index in [4.69, 9.17) is 13.9 Å². The Balaban J connectivity index is 1.56. The van der Waals surface area contributed by atoms with Crippen LogP contribution in [-0.2, 0) is 11.3 Å². The highest BCUT2D eigenvalue weighted by Gasteiger charge is 2.18. The fourth-order valence-corrected chi connectivity index (χ4v) is 3.13. The Bertz CT molecular complexity index is 1110. The van der Waals surface area contributed by atoms with Crippen LogP contribution in [0.1, 0.15) is 21.7 Å². The molecule has 1 aliphatic heterocycles. The zero-order valence-electron chi connectivity index (χ0n) is 15.7. The number of amides is 2. The predicted molar refractivity (Wildman–Crippen MR) is 113 cm³/mol. The van der Waals surface area contributed by atoms with Gasteiger partial charge >= 0.3 is 0 Å². The average molecular weight is 469 g/mol. The van der Waals surface area contributed by atoms with E-state index in [1.54, 1.807) is 30.3 Å². The van der Waals surface area contributed by atoms with E-state index in [1.807, 2.05) is 30.3 Å². The van der Waals surface area contributed by atoms with Crippen molar-refractivity contribution >= 4 is 33.8 Å². The summed E-state index contributed by atoms with van der Waals surface area (Å²) in [5.41, 5.74) is 1.68. The van der Waals surface area contributed by atoms with Gasteiger partial charge in [-0.25, -0.2) is 0 Å². The minimum absolute atomic E-state index is 0.0716. The number of carbonyl (C=O) groups excluding carboxylic acids is 2. The third kappa shape index (κ3) is 4.72. The van der Waals surface area contributed by atoms with E-state index in [2.05, 4.69) is 26.6 Å². The number of hydrogen-bond acceptors (Lipinski definition) is 5. The van der Waals surface area contributed by atoms with Crippen LogP contribution in [0.25, 0.3) is 6.08 Å². The molecule has 2 heterocycles. The first-order valence-corrected chi connectivity index (χ1v) is 9.88. The van der Waals surface area contributed by atoms with Gasteiger partial charge in [-0.1, -0.05) is 36.4 Å². The van der Waals surface area contributed by atoms with Crippen LogP contribution in [0, 0.1) is 0 Å². The van der Waals surface area contributed by atoms with Crippen LogP contribution < -0.4 is 20.1 Å². The number of nitrogens with one attached hydrogen (secondary N) is 2. The van der Waals surface area contributed by atoms with Crippen LogP contribution in [0.15, 0.2) is 75.4 Å². The van der Waals surface area contributed by atoms with Crippen LogP contribution in [0.4, 0.5) is 0 Å². The Morgan fingerprint density at radius 2 is 1.80 bits per heavy atom. The molecule has 0 radical (unpaired) electrons. The maximum Gasteiger partial charge on any atom is 0.291 e. The topological polar surface area (TPSA) is 89.8 Å². The minimum Gasteiger partial charge on any atom is -0.454 e. The minimum atomic E-state index is -0.539. The number of carbonyl (C=O) groups is 2. The lowest BCUT2D eigenvalue weighted by Gasteiger charge is -2.11. The van der Waals surface area contributed by atoms with E-state index < -0.39 is 11.8 Å². The van der Waals surface area contributed by atoms with E-state index in [1.165, 1.54) is 6.07 Å². The molecule has 30 heavy (non-hydrogen) atoms. The van der Waals surface area contributed by atoms with E-state index in [-0.39, 0.29) is 18.3 Å². The second kappa shape index (κ2) is 8.87. The Morgan fingerprint density at radius 1 is 1.00 bits per heavy atom. The van der Waals surface area contributed by atoms with Crippen molar-refractivity contribution in [1.82, 2.24) is 10.6 Å². The smallest absolute Gasteiger partial charge is 0.291 e. The SMILES string of the molecule is O=C(NCc1ccccc1)C(=Cc1ccc2c(c1)OCO2)NC(=O)c1ccc(Br)o1. The zero-order valence-corrected chi connectivity index (χ0v) is 17.3. The van der Waals surface area contributed by atoms with E-state index in [0.717, 1.165) is 5.56 Å². The van der Waals surface area contributed by atoms with Crippen molar-refractivity contribution in [2.75, 3.05) is 6.79 Å². The Kier molecular flexibility index (Phi) is 5.85. The summed E-state index contributed by atoms with van der Waals surface area (Å²) in [6.45, 7) is 0.470. The molecule has 0 spiro atoms. The molecule has 0 saturated heterocycles. The summed E-state index contributed by atoms with van der Waals surface area (Å²) in [4.78, 5) is 25.4. The Morgan fingerprint density at radius 3 is 2.57 bits per heavy atom.